The number of fused-ring (bicyclic) bond motifs is 1. The van der Waals surface area contributed by atoms with E-state index in [2.05, 4.69) is 20.1 Å². The van der Waals surface area contributed by atoms with Gasteiger partial charge in [0.15, 0.2) is 0 Å². The highest BCUT2D eigenvalue weighted by molar-refractivity contribution is 9.50. The van der Waals surface area contributed by atoms with Gasteiger partial charge in [0.2, 0.25) is 0 Å². The smallest absolute Gasteiger partial charge is 0.352 e. The fraction of sp³-hybridized carbons (Fsp3) is 0.182. The first-order valence-corrected chi connectivity index (χ1v) is 13.8. The summed E-state index contributed by atoms with van der Waals surface area (Å²) in [5.41, 5.74) is 0.992. The van der Waals surface area contributed by atoms with Crippen LogP contribution in [-0.4, -0.2) is 56.4 Å². The van der Waals surface area contributed by atoms with Crippen molar-refractivity contribution in [2.75, 3.05) is 12.4 Å². The van der Waals surface area contributed by atoms with Gasteiger partial charge in [-0.15, -0.1) is 11.8 Å². The van der Waals surface area contributed by atoms with Crippen LogP contribution in [0.1, 0.15) is 5.56 Å². The van der Waals surface area contributed by atoms with Crippen molar-refractivity contribution in [2.45, 2.75) is 16.3 Å². The van der Waals surface area contributed by atoms with E-state index in [1.807, 2.05) is 18.2 Å². The normalized spacial score (nSPS) is 19.4. The molecule has 1 saturated heterocycles. The number of halogens is 1. The zero-order valence-electron chi connectivity index (χ0n) is 16.9. The lowest BCUT2D eigenvalue weighted by Gasteiger charge is -2.49. The average Bonchev–Trinajstić information content (AvgIpc) is 2.85. The summed E-state index contributed by atoms with van der Waals surface area (Å²) in [7, 11) is 1.43. The predicted molar refractivity (Wildman–Crippen MR) is 135 cm³/mol. The van der Waals surface area contributed by atoms with Crippen molar-refractivity contribution in [2.24, 2.45) is 0 Å². The van der Waals surface area contributed by atoms with Crippen LogP contribution < -0.4 is 10.1 Å². The number of ether oxygens (including phenoxy) is 1. The number of thiocarbonyl (C=S) groups is 1. The molecule has 2 heterocycles. The predicted octanol–water partition coefficient (Wildman–Crippen LogP) is 3.62. The Morgan fingerprint density at radius 3 is 2.55 bits per heavy atom. The molecule has 0 aromatic heterocycles. The van der Waals surface area contributed by atoms with Crippen molar-refractivity contribution in [3.05, 3.63) is 71.4 Å². The standard InChI is InChI=1S/C22H17BrN2O5S3/c23-33-15-8-6-14(7-9-15)30-10-13-11-32-21-16(20(27)25(21)17(13)22(28)29)24-19(26)18(31)12-4-2-1-3-5-12/h1-9,16,21H,10-11H2,(H,24,26)(H,28,29)/t16?,21-/m0/s1. The molecule has 0 radical (unpaired) electrons. The number of carboxylic acid groups (broad SMARTS) is 1. The molecular weight excluding hydrogens is 548 g/mol. The van der Waals surface area contributed by atoms with E-state index in [4.69, 9.17) is 17.0 Å². The molecule has 2 amide bonds. The molecule has 2 aromatic carbocycles. The van der Waals surface area contributed by atoms with Crippen LogP contribution in [0.25, 0.3) is 0 Å². The number of amides is 2. The summed E-state index contributed by atoms with van der Waals surface area (Å²) >= 11 is 9.91. The Morgan fingerprint density at radius 2 is 1.91 bits per heavy atom. The largest absolute Gasteiger partial charge is 0.489 e. The molecule has 2 atom stereocenters. The van der Waals surface area contributed by atoms with Gasteiger partial charge in [0.05, 0.1) is 0 Å². The van der Waals surface area contributed by atoms with Crippen LogP contribution in [0.15, 0.2) is 70.8 Å². The maximum atomic E-state index is 12.8. The number of thioether (sulfide) groups is 1. The van der Waals surface area contributed by atoms with Crippen LogP contribution in [0, 0.1) is 0 Å². The summed E-state index contributed by atoms with van der Waals surface area (Å²) in [6, 6.07) is 15.3. The van der Waals surface area contributed by atoms with E-state index in [0.717, 1.165) is 4.90 Å². The number of carboxylic acids is 1. The molecule has 7 nitrogen and oxygen atoms in total. The van der Waals surface area contributed by atoms with E-state index in [-0.39, 0.29) is 17.2 Å². The fourth-order valence-electron chi connectivity index (χ4n) is 3.48. The van der Waals surface area contributed by atoms with Crippen LogP contribution in [-0.2, 0) is 14.4 Å². The van der Waals surface area contributed by atoms with Gasteiger partial charge < -0.3 is 15.2 Å². The molecule has 2 N–H and O–H groups in total. The number of carbonyl (C=O) groups excluding carboxylic acids is 2. The lowest BCUT2D eigenvalue weighted by atomic mass is 10.0. The minimum atomic E-state index is -1.21. The van der Waals surface area contributed by atoms with Gasteiger partial charge in [-0.05, 0) is 54.8 Å². The number of benzene rings is 2. The number of hydrogen-bond donors (Lipinski definition) is 2. The third-order valence-electron chi connectivity index (χ3n) is 5.10. The summed E-state index contributed by atoms with van der Waals surface area (Å²) in [4.78, 5) is 39.7. The quantitative estimate of drug-likeness (QED) is 0.285. The molecule has 0 aliphatic carbocycles. The fourth-order valence-corrected chi connectivity index (χ4v) is 5.89. The molecule has 170 valence electrons. The number of nitrogens with zero attached hydrogens (tertiary/aromatic N) is 1. The Labute approximate surface area is 211 Å². The van der Waals surface area contributed by atoms with E-state index in [1.165, 1.54) is 26.9 Å². The molecule has 2 aliphatic heterocycles. The number of carbonyl (C=O) groups is 3. The van der Waals surface area contributed by atoms with Gasteiger partial charge in [-0.3, -0.25) is 14.5 Å². The molecule has 33 heavy (non-hydrogen) atoms. The molecule has 11 heteroatoms. The zero-order valence-corrected chi connectivity index (χ0v) is 20.9. The number of hydrogen-bond acceptors (Lipinski definition) is 7. The third-order valence-corrected chi connectivity index (χ3v) is 8.44. The topological polar surface area (TPSA) is 95.9 Å². The highest BCUT2D eigenvalue weighted by Crippen LogP contribution is 2.40. The molecule has 0 bridgehead atoms. The first-order valence-electron chi connectivity index (χ1n) is 9.72. The maximum Gasteiger partial charge on any atom is 0.352 e. The summed E-state index contributed by atoms with van der Waals surface area (Å²) in [6.45, 7) is 0.0427. The van der Waals surface area contributed by atoms with Crippen LogP contribution in [0.4, 0.5) is 0 Å². The lowest BCUT2D eigenvalue weighted by Crippen LogP contribution is -2.71. The van der Waals surface area contributed by atoms with Crippen molar-refractivity contribution in [1.29, 1.82) is 0 Å². The first-order chi connectivity index (χ1) is 15.9. The summed E-state index contributed by atoms with van der Waals surface area (Å²) in [5, 5.41) is 11.9. The van der Waals surface area contributed by atoms with E-state index in [0.29, 0.717) is 22.6 Å². The number of nitrogens with one attached hydrogen (secondary N) is 1. The van der Waals surface area contributed by atoms with Crippen LogP contribution in [0.3, 0.4) is 0 Å². The van der Waals surface area contributed by atoms with E-state index < -0.39 is 29.2 Å². The molecule has 1 fully saturated rings. The molecular formula is C22H17BrN2O5S3. The SMILES string of the molecule is O=C(O)C1=C(COc2ccc(SBr)cc2)CS[C@H]2C(NC(=O)C(=S)c3ccccc3)C(=O)N12. The Morgan fingerprint density at radius 1 is 1.21 bits per heavy atom. The Bertz CT molecular complexity index is 1140. The van der Waals surface area contributed by atoms with Crippen molar-refractivity contribution < 1.29 is 24.2 Å². The van der Waals surface area contributed by atoms with Crippen molar-refractivity contribution in [3.63, 3.8) is 0 Å². The third kappa shape index (κ3) is 4.96. The number of aliphatic carboxylic acids is 1. The molecule has 1 unspecified atom stereocenters. The molecule has 0 spiro atoms. The summed E-state index contributed by atoms with van der Waals surface area (Å²) in [5.74, 6) is -1.26. The Kier molecular flexibility index (Phi) is 7.42. The van der Waals surface area contributed by atoms with Crippen molar-refractivity contribution in [1.82, 2.24) is 10.2 Å². The minimum Gasteiger partial charge on any atom is -0.489 e. The summed E-state index contributed by atoms with van der Waals surface area (Å²) in [6.07, 6.45) is 0. The summed E-state index contributed by atoms with van der Waals surface area (Å²) < 4.78 is 5.76. The second-order valence-corrected chi connectivity index (χ2v) is 10.3. The Hall–Kier alpha value is -2.34. The second-order valence-electron chi connectivity index (χ2n) is 7.15. The molecule has 4 rings (SSSR count). The maximum absolute atomic E-state index is 12.8. The second kappa shape index (κ2) is 10.3. The monoisotopic (exact) mass is 564 g/mol. The number of β-lactam (4-membered cyclic amide) rings is 1. The molecule has 0 saturated carbocycles. The highest BCUT2D eigenvalue weighted by atomic mass is 79.9. The van der Waals surface area contributed by atoms with Gasteiger partial charge in [0, 0.05) is 16.2 Å². The van der Waals surface area contributed by atoms with Gasteiger partial charge in [-0.25, -0.2) is 4.79 Å². The van der Waals surface area contributed by atoms with Crippen LogP contribution >= 0.6 is 49.0 Å². The van der Waals surface area contributed by atoms with E-state index >= 15 is 0 Å². The van der Waals surface area contributed by atoms with Gasteiger partial charge in [-0.1, -0.05) is 42.5 Å². The first kappa shape index (κ1) is 23.8. The van der Waals surface area contributed by atoms with Crippen molar-refractivity contribution in [3.8, 4) is 5.75 Å². The van der Waals surface area contributed by atoms with Gasteiger partial charge in [0.25, 0.3) is 11.8 Å². The van der Waals surface area contributed by atoms with E-state index in [9.17, 15) is 19.5 Å². The van der Waals surface area contributed by atoms with Gasteiger partial charge in [0.1, 0.15) is 34.3 Å². The average molecular weight is 565 g/mol. The lowest BCUT2D eigenvalue weighted by molar-refractivity contribution is -0.150. The highest BCUT2D eigenvalue weighted by Gasteiger charge is 2.54. The Balaban J connectivity index is 1.44. The molecule has 2 aromatic rings. The number of rotatable bonds is 8. The van der Waals surface area contributed by atoms with Gasteiger partial charge in [-0.2, -0.15) is 0 Å². The van der Waals surface area contributed by atoms with Crippen LogP contribution in [0.5, 0.6) is 5.75 Å². The van der Waals surface area contributed by atoms with Gasteiger partial charge >= 0.3 is 5.97 Å². The zero-order chi connectivity index (χ0) is 23.5. The molecule has 2 aliphatic rings. The van der Waals surface area contributed by atoms with Crippen LogP contribution in [0.2, 0.25) is 0 Å². The van der Waals surface area contributed by atoms with Crippen molar-refractivity contribution >= 4 is 71.6 Å². The van der Waals surface area contributed by atoms with E-state index in [1.54, 1.807) is 36.4 Å². The minimum absolute atomic E-state index is 0.0427.